The molecular formula is C17H19Cl2FN8O2S. The van der Waals surface area contributed by atoms with Gasteiger partial charge in [-0.3, -0.25) is 4.72 Å². The molecule has 14 heteroatoms. The van der Waals surface area contributed by atoms with Crippen LogP contribution in [0.2, 0.25) is 10.3 Å². The molecule has 166 valence electrons. The molecule has 31 heavy (non-hydrogen) atoms. The maximum atomic E-state index is 12.8. The third-order valence-corrected chi connectivity index (χ3v) is 5.21. The largest absolute Gasteiger partial charge is 0.373 e. The van der Waals surface area contributed by atoms with Gasteiger partial charge in [-0.15, -0.1) is 0 Å². The second kappa shape index (κ2) is 10.9. The molecule has 2 aromatic heterocycles. The number of benzene rings is 1. The fraction of sp³-hybridized carbons (Fsp3) is 0.176. The Morgan fingerprint density at radius 1 is 0.774 bits per heavy atom. The minimum absolute atomic E-state index is 0.0560. The van der Waals surface area contributed by atoms with Crippen LogP contribution in [0.15, 0.2) is 41.3 Å². The Morgan fingerprint density at radius 3 is 1.81 bits per heavy atom. The molecule has 0 saturated heterocycles. The fourth-order valence-corrected chi connectivity index (χ4v) is 3.47. The fourth-order valence-electron chi connectivity index (χ4n) is 2.05. The molecule has 2 heterocycles. The molecule has 3 rings (SSSR count). The van der Waals surface area contributed by atoms with Crippen molar-refractivity contribution in [1.82, 2.24) is 19.9 Å². The quantitative estimate of drug-likeness (QED) is 0.385. The third-order valence-electron chi connectivity index (χ3n) is 3.46. The van der Waals surface area contributed by atoms with E-state index in [-0.39, 0.29) is 16.7 Å². The summed E-state index contributed by atoms with van der Waals surface area (Å²) < 4.78 is 39.5. The molecule has 0 unspecified atom stereocenters. The van der Waals surface area contributed by atoms with Crippen LogP contribution in [0.4, 0.5) is 27.9 Å². The minimum atomic E-state index is -3.84. The van der Waals surface area contributed by atoms with Crippen LogP contribution in [0.5, 0.6) is 0 Å². The summed E-state index contributed by atoms with van der Waals surface area (Å²) in [6.07, 6.45) is 0. The number of hydrogen-bond acceptors (Lipinski definition) is 9. The monoisotopic (exact) mass is 488 g/mol. The Hall–Kier alpha value is -2.96. The summed E-state index contributed by atoms with van der Waals surface area (Å²) in [5, 5.41) is 8.92. The van der Waals surface area contributed by atoms with Gasteiger partial charge in [0.2, 0.25) is 11.9 Å². The summed E-state index contributed by atoms with van der Waals surface area (Å²) in [6.45, 7) is 0. The Balaban J connectivity index is 0.000000285. The molecule has 0 atom stereocenters. The van der Waals surface area contributed by atoms with Crippen molar-refractivity contribution in [2.24, 2.45) is 0 Å². The van der Waals surface area contributed by atoms with Gasteiger partial charge >= 0.3 is 0 Å². The maximum absolute atomic E-state index is 12.8. The highest BCUT2D eigenvalue weighted by Gasteiger charge is 2.16. The van der Waals surface area contributed by atoms with E-state index in [9.17, 15) is 12.8 Å². The summed E-state index contributed by atoms with van der Waals surface area (Å²) >= 11 is 11.1. The van der Waals surface area contributed by atoms with Crippen molar-refractivity contribution in [3.63, 3.8) is 0 Å². The van der Waals surface area contributed by atoms with Crippen molar-refractivity contribution in [3.8, 4) is 0 Å². The second-order valence-electron chi connectivity index (χ2n) is 5.61. The second-order valence-corrected chi connectivity index (χ2v) is 8.07. The third kappa shape index (κ3) is 7.35. The molecule has 0 radical (unpaired) electrons. The average Bonchev–Trinajstić information content (AvgIpc) is 2.73. The number of anilines is 4. The van der Waals surface area contributed by atoms with Gasteiger partial charge in [0.1, 0.15) is 27.8 Å². The molecule has 0 fully saturated rings. The summed E-state index contributed by atoms with van der Waals surface area (Å²) in [7, 11) is 1.12. The van der Waals surface area contributed by atoms with Gasteiger partial charge in [-0.25, -0.2) is 22.8 Å². The zero-order valence-corrected chi connectivity index (χ0v) is 18.9. The average molecular weight is 489 g/mol. The van der Waals surface area contributed by atoms with Crippen molar-refractivity contribution < 1.29 is 12.8 Å². The van der Waals surface area contributed by atoms with Crippen LogP contribution in [0, 0.1) is 5.82 Å². The lowest BCUT2D eigenvalue weighted by atomic mass is 10.4. The smallest absolute Gasteiger partial charge is 0.263 e. The Bertz CT molecular complexity index is 1090. The van der Waals surface area contributed by atoms with Crippen LogP contribution < -0.4 is 20.7 Å². The molecule has 0 bridgehead atoms. The predicted octanol–water partition coefficient (Wildman–Crippen LogP) is 3.33. The van der Waals surface area contributed by atoms with E-state index in [0.717, 1.165) is 12.1 Å². The highest BCUT2D eigenvalue weighted by Crippen LogP contribution is 2.18. The SMILES string of the molecule is CNc1cc(NS(=O)(=O)c2ccc(F)cc2)nc(NC)n1.CNc1nc(Cl)cc(Cl)n1. The van der Waals surface area contributed by atoms with Crippen molar-refractivity contribution in [2.75, 3.05) is 41.8 Å². The normalized spacial score (nSPS) is 10.5. The lowest BCUT2D eigenvalue weighted by Crippen LogP contribution is -2.15. The van der Waals surface area contributed by atoms with Gasteiger partial charge in [0, 0.05) is 33.3 Å². The van der Waals surface area contributed by atoms with Gasteiger partial charge in [-0.1, -0.05) is 23.2 Å². The molecule has 4 N–H and O–H groups in total. The molecule has 0 spiro atoms. The summed E-state index contributed by atoms with van der Waals surface area (Å²) in [5.41, 5.74) is 0. The topological polar surface area (TPSA) is 134 Å². The van der Waals surface area contributed by atoms with Crippen LogP contribution >= 0.6 is 23.2 Å². The van der Waals surface area contributed by atoms with Crippen LogP contribution in [0.1, 0.15) is 0 Å². The van der Waals surface area contributed by atoms with Crippen LogP contribution in [-0.4, -0.2) is 49.5 Å². The predicted molar refractivity (Wildman–Crippen MR) is 120 cm³/mol. The number of nitrogens with zero attached hydrogens (tertiary/aromatic N) is 4. The van der Waals surface area contributed by atoms with E-state index < -0.39 is 15.8 Å². The Labute approximate surface area is 188 Å². The molecule has 0 saturated carbocycles. The first-order valence-electron chi connectivity index (χ1n) is 8.57. The van der Waals surface area contributed by atoms with E-state index in [1.54, 1.807) is 21.1 Å². The minimum Gasteiger partial charge on any atom is -0.373 e. The molecule has 10 nitrogen and oxygen atoms in total. The lowest BCUT2D eigenvalue weighted by molar-refractivity contribution is 0.599. The number of sulfonamides is 1. The number of halogens is 3. The molecule has 3 aromatic rings. The highest BCUT2D eigenvalue weighted by atomic mass is 35.5. The summed E-state index contributed by atoms with van der Waals surface area (Å²) in [6, 6.07) is 7.43. The number of nitrogens with one attached hydrogen (secondary N) is 4. The first-order valence-corrected chi connectivity index (χ1v) is 10.8. The molecule has 0 aliphatic heterocycles. The van der Waals surface area contributed by atoms with Gasteiger partial charge in [0.15, 0.2) is 0 Å². The lowest BCUT2D eigenvalue weighted by Gasteiger charge is -2.10. The maximum Gasteiger partial charge on any atom is 0.263 e. The summed E-state index contributed by atoms with van der Waals surface area (Å²) in [5.74, 6) is 0.733. The highest BCUT2D eigenvalue weighted by molar-refractivity contribution is 7.92. The van der Waals surface area contributed by atoms with Crippen molar-refractivity contribution in [1.29, 1.82) is 0 Å². The molecule has 0 amide bonds. The summed E-state index contributed by atoms with van der Waals surface area (Å²) in [4.78, 5) is 15.6. The van der Waals surface area contributed by atoms with Crippen LogP contribution in [-0.2, 0) is 10.0 Å². The molecule has 0 aliphatic carbocycles. The van der Waals surface area contributed by atoms with Gasteiger partial charge in [-0.2, -0.15) is 9.97 Å². The van der Waals surface area contributed by atoms with E-state index in [4.69, 9.17) is 23.2 Å². The van der Waals surface area contributed by atoms with Gasteiger partial charge in [0.05, 0.1) is 4.90 Å². The van der Waals surface area contributed by atoms with Crippen molar-refractivity contribution in [2.45, 2.75) is 4.90 Å². The zero-order valence-electron chi connectivity index (χ0n) is 16.6. The molecule has 0 aliphatic rings. The first kappa shape index (κ1) is 24.3. The van der Waals surface area contributed by atoms with E-state index in [0.29, 0.717) is 22.1 Å². The van der Waals surface area contributed by atoms with Crippen LogP contribution in [0.25, 0.3) is 0 Å². The van der Waals surface area contributed by atoms with Gasteiger partial charge in [0.25, 0.3) is 10.0 Å². The number of aromatic nitrogens is 4. The van der Waals surface area contributed by atoms with Crippen molar-refractivity contribution >= 4 is 56.8 Å². The van der Waals surface area contributed by atoms with Crippen molar-refractivity contribution in [3.05, 3.63) is 52.5 Å². The van der Waals surface area contributed by atoms with E-state index in [1.165, 1.54) is 24.3 Å². The van der Waals surface area contributed by atoms with Gasteiger partial charge < -0.3 is 16.0 Å². The number of rotatable bonds is 6. The Kier molecular flexibility index (Phi) is 8.54. The molecular weight excluding hydrogens is 470 g/mol. The van der Waals surface area contributed by atoms with E-state index >= 15 is 0 Å². The standard InChI is InChI=1S/C12H14FN5O2S.C5H5Cl2N3/c1-14-10-7-11(17-12(15-2)16-10)18-21(19,20)9-5-3-8(13)4-6-9;1-8-5-9-3(6)2-4(7)10-5/h3-7H,1-2H3,(H3,14,15,16,17,18);2H,1H3,(H,8,9,10). The van der Waals surface area contributed by atoms with E-state index in [1.807, 2.05) is 0 Å². The first-order chi connectivity index (χ1) is 14.7. The molecule has 1 aromatic carbocycles. The number of hydrogen-bond donors (Lipinski definition) is 4. The zero-order chi connectivity index (χ0) is 23.0. The Morgan fingerprint density at radius 2 is 1.29 bits per heavy atom. The van der Waals surface area contributed by atoms with Gasteiger partial charge in [-0.05, 0) is 24.3 Å². The van der Waals surface area contributed by atoms with Crippen LogP contribution in [0.3, 0.4) is 0 Å². The van der Waals surface area contributed by atoms with E-state index in [2.05, 4.69) is 40.6 Å².